The first-order valence-electron chi connectivity index (χ1n) is 8.42. The molecule has 1 aromatic heterocycles. The Morgan fingerprint density at radius 3 is 2.44 bits per heavy atom. The first-order chi connectivity index (χ1) is 12.1. The van der Waals surface area contributed by atoms with E-state index < -0.39 is 6.04 Å². The van der Waals surface area contributed by atoms with E-state index in [4.69, 9.17) is 0 Å². The summed E-state index contributed by atoms with van der Waals surface area (Å²) in [5.74, 6) is -0.399. The van der Waals surface area contributed by atoms with Gasteiger partial charge < -0.3 is 9.80 Å². The van der Waals surface area contributed by atoms with Crippen molar-refractivity contribution in [1.29, 1.82) is 0 Å². The van der Waals surface area contributed by atoms with Crippen molar-refractivity contribution in [3.8, 4) is 0 Å². The second-order valence-corrected chi connectivity index (χ2v) is 6.41. The monoisotopic (exact) mass is 342 g/mol. The third kappa shape index (κ3) is 3.79. The minimum Gasteiger partial charge on any atom is -0.367 e. The molecule has 1 aliphatic heterocycles. The first-order valence-corrected chi connectivity index (χ1v) is 8.42. The molecule has 0 spiro atoms. The number of likely N-dealkylation sites (N-methyl/N-ethyl adjacent to an activating group) is 1. The zero-order valence-corrected chi connectivity index (χ0v) is 14.6. The fraction of sp³-hybridized carbons (Fsp3) is 0.368. The van der Waals surface area contributed by atoms with Crippen molar-refractivity contribution in [3.05, 3.63) is 60.2 Å². The first kappa shape index (κ1) is 17.4. The van der Waals surface area contributed by atoms with Gasteiger partial charge in [0, 0.05) is 37.9 Å². The molecule has 1 aromatic carbocycles. The lowest BCUT2D eigenvalue weighted by Gasteiger charge is -2.38. The van der Waals surface area contributed by atoms with Gasteiger partial charge in [-0.15, -0.1) is 0 Å². The van der Waals surface area contributed by atoms with Crippen molar-refractivity contribution < 1.29 is 9.18 Å². The Balaban J connectivity index is 1.71. The average molecular weight is 342 g/mol. The van der Waals surface area contributed by atoms with E-state index in [1.54, 1.807) is 43.4 Å². The lowest BCUT2D eigenvalue weighted by atomic mass is 10.0. The average Bonchev–Trinajstić information content (AvgIpc) is 2.64. The van der Waals surface area contributed by atoms with Crippen LogP contribution in [0.1, 0.15) is 11.6 Å². The molecule has 2 heterocycles. The number of hydrogen-bond acceptors (Lipinski definition) is 4. The van der Waals surface area contributed by atoms with Gasteiger partial charge in [0.1, 0.15) is 11.9 Å². The van der Waals surface area contributed by atoms with Crippen LogP contribution >= 0.6 is 0 Å². The minimum atomic E-state index is -0.605. The fourth-order valence-electron chi connectivity index (χ4n) is 3.23. The molecule has 1 fully saturated rings. The highest BCUT2D eigenvalue weighted by Gasteiger charge is 2.31. The van der Waals surface area contributed by atoms with Gasteiger partial charge in [-0.25, -0.2) is 4.39 Å². The Morgan fingerprint density at radius 2 is 1.84 bits per heavy atom. The van der Waals surface area contributed by atoms with E-state index in [9.17, 15) is 9.18 Å². The molecule has 0 bridgehead atoms. The highest BCUT2D eigenvalue weighted by atomic mass is 19.1. The van der Waals surface area contributed by atoms with E-state index in [1.165, 1.54) is 6.07 Å². The summed E-state index contributed by atoms with van der Waals surface area (Å²) < 4.78 is 14.2. The smallest absolute Gasteiger partial charge is 0.244 e. The van der Waals surface area contributed by atoms with E-state index in [0.29, 0.717) is 18.7 Å². The van der Waals surface area contributed by atoms with Crippen LogP contribution in [0.25, 0.3) is 0 Å². The minimum absolute atomic E-state index is 0.0547. The normalized spacial score (nSPS) is 16.2. The number of piperazine rings is 1. The number of carbonyl (C=O) groups is 1. The summed E-state index contributed by atoms with van der Waals surface area (Å²) in [6, 6.07) is 9.82. The van der Waals surface area contributed by atoms with Crippen molar-refractivity contribution in [2.75, 3.05) is 45.2 Å². The van der Waals surface area contributed by atoms with Crippen molar-refractivity contribution in [1.82, 2.24) is 14.8 Å². The molecule has 1 aliphatic rings. The Hall–Kier alpha value is -2.47. The maximum Gasteiger partial charge on any atom is 0.244 e. The summed E-state index contributed by atoms with van der Waals surface area (Å²) in [5, 5.41) is 0. The number of halogens is 1. The molecule has 25 heavy (non-hydrogen) atoms. The second kappa shape index (κ2) is 7.61. The predicted molar refractivity (Wildman–Crippen MR) is 95.9 cm³/mol. The van der Waals surface area contributed by atoms with Gasteiger partial charge in [-0.3, -0.25) is 14.7 Å². The standard InChI is InChI=1S/C19H23FN4O/c1-22(2)18(16-7-3-4-8-17(16)20)19(25)24-12-10-23(11-13-24)15-6-5-9-21-14-15/h3-9,14,18H,10-13H2,1-2H3. The fourth-order valence-corrected chi connectivity index (χ4v) is 3.23. The van der Waals surface area contributed by atoms with Gasteiger partial charge in [0.2, 0.25) is 5.91 Å². The van der Waals surface area contributed by atoms with Gasteiger partial charge in [0.25, 0.3) is 0 Å². The number of aromatic nitrogens is 1. The molecule has 1 saturated heterocycles. The van der Waals surface area contributed by atoms with Crippen molar-refractivity contribution in [3.63, 3.8) is 0 Å². The highest BCUT2D eigenvalue weighted by molar-refractivity contribution is 5.83. The molecule has 6 heteroatoms. The molecule has 132 valence electrons. The van der Waals surface area contributed by atoms with Crippen LogP contribution in [0, 0.1) is 5.82 Å². The van der Waals surface area contributed by atoms with Gasteiger partial charge in [0.05, 0.1) is 11.9 Å². The summed E-state index contributed by atoms with van der Waals surface area (Å²) in [7, 11) is 3.61. The zero-order valence-electron chi connectivity index (χ0n) is 14.6. The number of nitrogens with zero attached hydrogens (tertiary/aromatic N) is 4. The molecule has 0 aliphatic carbocycles. The lowest BCUT2D eigenvalue weighted by molar-refractivity contribution is -0.136. The van der Waals surface area contributed by atoms with Gasteiger partial charge >= 0.3 is 0 Å². The third-order valence-electron chi connectivity index (χ3n) is 4.55. The topological polar surface area (TPSA) is 39.7 Å². The molecule has 1 amide bonds. The molecule has 1 atom stereocenters. The molecule has 1 unspecified atom stereocenters. The van der Waals surface area contributed by atoms with Crippen LogP contribution in [0.4, 0.5) is 10.1 Å². The maximum atomic E-state index is 14.2. The van der Waals surface area contributed by atoms with Gasteiger partial charge in [-0.1, -0.05) is 18.2 Å². The summed E-state index contributed by atoms with van der Waals surface area (Å²) in [6.07, 6.45) is 3.58. The third-order valence-corrected chi connectivity index (χ3v) is 4.55. The van der Waals surface area contributed by atoms with Crippen LogP contribution in [0.3, 0.4) is 0 Å². The Bertz CT molecular complexity index is 714. The predicted octanol–water partition coefficient (Wildman–Crippen LogP) is 2.17. The number of anilines is 1. The summed E-state index contributed by atoms with van der Waals surface area (Å²) in [5.41, 5.74) is 1.49. The molecule has 0 N–H and O–H groups in total. The summed E-state index contributed by atoms with van der Waals surface area (Å²) in [4.78, 5) is 23.0. The molecule has 0 saturated carbocycles. The number of rotatable bonds is 4. The van der Waals surface area contributed by atoms with Gasteiger partial charge in [0.15, 0.2) is 0 Å². The Morgan fingerprint density at radius 1 is 1.12 bits per heavy atom. The van der Waals surface area contributed by atoms with Crippen LogP contribution in [0.2, 0.25) is 0 Å². The molecule has 0 radical (unpaired) electrons. The number of amides is 1. The quantitative estimate of drug-likeness (QED) is 0.854. The second-order valence-electron chi connectivity index (χ2n) is 6.41. The van der Waals surface area contributed by atoms with Crippen LogP contribution < -0.4 is 4.90 Å². The van der Waals surface area contributed by atoms with Crippen LogP contribution in [-0.2, 0) is 4.79 Å². The van der Waals surface area contributed by atoms with Gasteiger partial charge in [-0.2, -0.15) is 0 Å². The number of benzene rings is 1. The largest absolute Gasteiger partial charge is 0.367 e. The van der Waals surface area contributed by atoms with E-state index in [1.807, 2.05) is 23.2 Å². The van der Waals surface area contributed by atoms with Crippen molar-refractivity contribution in [2.45, 2.75) is 6.04 Å². The van der Waals surface area contributed by atoms with E-state index in [0.717, 1.165) is 18.8 Å². The van der Waals surface area contributed by atoms with Crippen LogP contribution in [-0.4, -0.2) is 61.0 Å². The van der Waals surface area contributed by atoms with E-state index in [-0.39, 0.29) is 11.7 Å². The van der Waals surface area contributed by atoms with Crippen molar-refractivity contribution >= 4 is 11.6 Å². The van der Waals surface area contributed by atoms with Crippen LogP contribution in [0.5, 0.6) is 0 Å². The molecule has 5 nitrogen and oxygen atoms in total. The number of hydrogen-bond donors (Lipinski definition) is 0. The molecule has 2 aromatic rings. The number of carbonyl (C=O) groups excluding carboxylic acids is 1. The summed E-state index contributed by atoms with van der Waals surface area (Å²) in [6.45, 7) is 2.72. The summed E-state index contributed by atoms with van der Waals surface area (Å²) >= 11 is 0. The maximum absolute atomic E-state index is 14.2. The van der Waals surface area contributed by atoms with Gasteiger partial charge in [-0.05, 0) is 32.3 Å². The zero-order chi connectivity index (χ0) is 17.8. The van der Waals surface area contributed by atoms with E-state index in [2.05, 4.69) is 9.88 Å². The lowest BCUT2D eigenvalue weighted by Crippen LogP contribution is -2.51. The Kier molecular flexibility index (Phi) is 5.28. The number of pyridine rings is 1. The highest BCUT2D eigenvalue weighted by Crippen LogP contribution is 2.25. The Labute approximate surface area is 147 Å². The molecule has 3 rings (SSSR count). The molecular formula is C19H23FN4O. The van der Waals surface area contributed by atoms with Crippen molar-refractivity contribution in [2.24, 2.45) is 0 Å². The SMILES string of the molecule is CN(C)C(C(=O)N1CCN(c2cccnc2)CC1)c1ccccc1F. The molecular weight excluding hydrogens is 319 g/mol. The van der Waals surface area contributed by atoms with E-state index >= 15 is 0 Å². The van der Waals surface area contributed by atoms with Crippen LogP contribution in [0.15, 0.2) is 48.8 Å².